The van der Waals surface area contributed by atoms with Crippen LogP contribution in [0.5, 0.6) is 0 Å². The zero-order valence-corrected chi connectivity index (χ0v) is 20.8. The van der Waals surface area contributed by atoms with Crippen molar-refractivity contribution in [2.45, 2.75) is 111 Å². The minimum absolute atomic E-state index is 0.264. The molecule has 1 saturated heterocycles. The summed E-state index contributed by atoms with van der Waals surface area (Å²) < 4.78 is 11.1. The van der Waals surface area contributed by atoms with Crippen molar-refractivity contribution in [3.05, 3.63) is 0 Å². The maximum absolute atomic E-state index is 13.2. The molecule has 7 nitrogen and oxygen atoms in total. The first-order valence-electron chi connectivity index (χ1n) is 11.7. The quantitative estimate of drug-likeness (QED) is 0.354. The zero-order valence-electron chi connectivity index (χ0n) is 20.8. The molecule has 0 aromatic carbocycles. The van der Waals surface area contributed by atoms with E-state index in [0.717, 1.165) is 25.2 Å². The molecule has 1 rings (SSSR count). The van der Waals surface area contributed by atoms with Crippen LogP contribution in [0, 0.1) is 17.3 Å². The standard InChI is InChI=1S/C24H44N2O5/c1-16(2)14-12-10-9-11-13-15-17(18-22(29)31-24(6,7)30-18)20(27)26-19(21(28)25-8)23(3,4)5/h16-19H,9-15H2,1-8H3,(H,25,28)(H,26,27)/t17-,18?,19-/m1/s1. The number of cyclic esters (lactones) is 1. The molecule has 0 radical (unpaired) electrons. The lowest BCUT2D eigenvalue weighted by Gasteiger charge is -2.32. The Morgan fingerprint density at radius 2 is 1.55 bits per heavy atom. The summed E-state index contributed by atoms with van der Waals surface area (Å²) in [5.74, 6) is -2.16. The number of rotatable bonds is 12. The minimum Gasteiger partial charge on any atom is -0.432 e. The predicted octanol–water partition coefficient (Wildman–Crippen LogP) is 3.94. The van der Waals surface area contributed by atoms with Crippen molar-refractivity contribution in [3.63, 3.8) is 0 Å². The van der Waals surface area contributed by atoms with E-state index in [0.29, 0.717) is 6.42 Å². The van der Waals surface area contributed by atoms with E-state index >= 15 is 0 Å². The van der Waals surface area contributed by atoms with Crippen LogP contribution in [-0.4, -0.2) is 42.8 Å². The molecule has 0 aromatic rings. The third-order valence-electron chi connectivity index (χ3n) is 5.65. The number of hydrogen-bond donors (Lipinski definition) is 2. The number of amides is 2. The molecule has 3 atom stereocenters. The summed E-state index contributed by atoms with van der Waals surface area (Å²) in [6.45, 7) is 13.5. The lowest BCUT2D eigenvalue weighted by atomic mass is 9.85. The van der Waals surface area contributed by atoms with Crippen molar-refractivity contribution in [1.29, 1.82) is 0 Å². The summed E-state index contributed by atoms with van der Waals surface area (Å²) >= 11 is 0. The molecule has 7 heteroatoms. The van der Waals surface area contributed by atoms with Crippen LogP contribution in [0.4, 0.5) is 0 Å². The Morgan fingerprint density at radius 1 is 1.00 bits per heavy atom. The van der Waals surface area contributed by atoms with Gasteiger partial charge in [-0.3, -0.25) is 9.59 Å². The SMILES string of the molecule is CNC(=O)[C@@H](NC(=O)[C@H](CCCCCCCC(C)C)C1OC(C)(C)OC1=O)C(C)(C)C. The Bertz CT molecular complexity index is 610. The van der Waals surface area contributed by atoms with Crippen molar-refractivity contribution in [1.82, 2.24) is 10.6 Å². The molecule has 0 aromatic heterocycles. The molecule has 2 N–H and O–H groups in total. The number of nitrogens with one attached hydrogen (secondary N) is 2. The smallest absolute Gasteiger partial charge is 0.338 e. The van der Waals surface area contributed by atoms with Crippen LogP contribution in [0.25, 0.3) is 0 Å². The van der Waals surface area contributed by atoms with Gasteiger partial charge in [0, 0.05) is 20.9 Å². The molecule has 0 bridgehead atoms. The average molecular weight is 441 g/mol. The van der Waals surface area contributed by atoms with Gasteiger partial charge >= 0.3 is 5.97 Å². The van der Waals surface area contributed by atoms with Crippen LogP contribution in [0.15, 0.2) is 0 Å². The molecule has 1 unspecified atom stereocenters. The maximum Gasteiger partial charge on any atom is 0.338 e. The molecule has 0 aliphatic carbocycles. The van der Waals surface area contributed by atoms with Crippen LogP contribution in [0.2, 0.25) is 0 Å². The molecule has 180 valence electrons. The van der Waals surface area contributed by atoms with E-state index in [4.69, 9.17) is 9.47 Å². The normalized spacial score (nSPS) is 20.3. The lowest BCUT2D eigenvalue weighted by Crippen LogP contribution is -2.55. The van der Waals surface area contributed by atoms with E-state index in [9.17, 15) is 14.4 Å². The predicted molar refractivity (Wildman–Crippen MR) is 121 cm³/mol. The number of hydrogen-bond acceptors (Lipinski definition) is 5. The average Bonchev–Trinajstić information content (AvgIpc) is 2.92. The highest BCUT2D eigenvalue weighted by molar-refractivity contribution is 5.92. The number of ether oxygens (including phenoxy) is 2. The molecule has 1 aliphatic heterocycles. The van der Waals surface area contributed by atoms with Gasteiger partial charge in [-0.05, 0) is 17.8 Å². The monoisotopic (exact) mass is 440 g/mol. The molecule has 1 heterocycles. The van der Waals surface area contributed by atoms with Crippen molar-refractivity contribution < 1.29 is 23.9 Å². The largest absolute Gasteiger partial charge is 0.432 e. The summed E-state index contributed by atoms with van der Waals surface area (Å²) in [5, 5.41) is 5.48. The summed E-state index contributed by atoms with van der Waals surface area (Å²) in [5.41, 5.74) is -0.479. The highest BCUT2D eigenvalue weighted by Crippen LogP contribution is 2.31. The maximum atomic E-state index is 13.2. The van der Waals surface area contributed by atoms with Gasteiger partial charge in [-0.1, -0.05) is 73.1 Å². The second-order valence-corrected chi connectivity index (χ2v) is 10.6. The van der Waals surface area contributed by atoms with Crippen molar-refractivity contribution in [2.24, 2.45) is 17.3 Å². The molecule has 0 spiro atoms. The fraction of sp³-hybridized carbons (Fsp3) is 0.875. The molecule has 1 fully saturated rings. The Balaban J connectivity index is 2.81. The Kier molecular flexibility index (Phi) is 10.5. The fourth-order valence-electron chi connectivity index (χ4n) is 3.86. The number of carbonyl (C=O) groups excluding carboxylic acids is 3. The van der Waals surface area contributed by atoms with Crippen molar-refractivity contribution >= 4 is 17.8 Å². The van der Waals surface area contributed by atoms with Crippen LogP contribution in [-0.2, 0) is 23.9 Å². The first-order valence-corrected chi connectivity index (χ1v) is 11.7. The number of unbranched alkanes of at least 4 members (excludes halogenated alkanes) is 4. The highest BCUT2D eigenvalue weighted by Gasteiger charge is 2.48. The lowest BCUT2D eigenvalue weighted by molar-refractivity contribution is -0.162. The van der Waals surface area contributed by atoms with E-state index in [2.05, 4.69) is 24.5 Å². The first kappa shape index (κ1) is 27.4. The summed E-state index contributed by atoms with van der Waals surface area (Å²) in [4.78, 5) is 38.0. The second-order valence-electron chi connectivity index (χ2n) is 10.6. The van der Waals surface area contributed by atoms with Gasteiger partial charge in [-0.15, -0.1) is 0 Å². The van der Waals surface area contributed by atoms with E-state index < -0.39 is 35.2 Å². The topological polar surface area (TPSA) is 93.7 Å². The van der Waals surface area contributed by atoms with Gasteiger partial charge in [0.25, 0.3) is 0 Å². The zero-order chi connectivity index (χ0) is 23.8. The van der Waals surface area contributed by atoms with E-state index in [1.54, 1.807) is 20.9 Å². The van der Waals surface area contributed by atoms with Crippen molar-refractivity contribution in [3.8, 4) is 0 Å². The Morgan fingerprint density at radius 3 is 2.00 bits per heavy atom. The Hall–Kier alpha value is -1.63. The molecule has 31 heavy (non-hydrogen) atoms. The second kappa shape index (κ2) is 11.8. The van der Waals surface area contributed by atoms with Gasteiger partial charge in [0.2, 0.25) is 17.6 Å². The molecule has 0 saturated carbocycles. The van der Waals surface area contributed by atoms with Gasteiger partial charge in [0.15, 0.2) is 6.10 Å². The van der Waals surface area contributed by atoms with E-state index in [1.165, 1.54) is 19.3 Å². The van der Waals surface area contributed by atoms with Crippen LogP contribution in [0.3, 0.4) is 0 Å². The minimum atomic E-state index is -1.05. The number of carbonyl (C=O) groups is 3. The van der Waals surface area contributed by atoms with Gasteiger partial charge in [0.1, 0.15) is 6.04 Å². The van der Waals surface area contributed by atoms with Crippen LogP contribution >= 0.6 is 0 Å². The summed E-state index contributed by atoms with van der Waals surface area (Å²) in [6.07, 6.45) is 6.08. The van der Waals surface area contributed by atoms with Crippen LogP contribution in [0.1, 0.15) is 93.4 Å². The summed E-state index contributed by atoms with van der Waals surface area (Å²) in [7, 11) is 1.55. The third kappa shape index (κ3) is 9.17. The van der Waals surface area contributed by atoms with E-state index in [1.807, 2.05) is 20.8 Å². The molecular formula is C24H44N2O5. The highest BCUT2D eigenvalue weighted by atomic mass is 16.8. The van der Waals surface area contributed by atoms with Gasteiger partial charge in [0.05, 0.1) is 5.92 Å². The van der Waals surface area contributed by atoms with Gasteiger partial charge in [-0.2, -0.15) is 0 Å². The third-order valence-corrected chi connectivity index (χ3v) is 5.65. The van der Waals surface area contributed by atoms with Crippen LogP contribution < -0.4 is 10.6 Å². The molecular weight excluding hydrogens is 396 g/mol. The summed E-state index contributed by atoms with van der Waals surface area (Å²) in [6, 6.07) is -0.714. The molecule has 2 amide bonds. The molecule has 1 aliphatic rings. The van der Waals surface area contributed by atoms with Gasteiger partial charge < -0.3 is 20.1 Å². The first-order chi connectivity index (χ1) is 14.3. The van der Waals surface area contributed by atoms with Crippen molar-refractivity contribution in [2.75, 3.05) is 7.05 Å². The number of likely N-dealkylation sites (N-methyl/N-ethyl adjacent to an activating group) is 1. The van der Waals surface area contributed by atoms with E-state index in [-0.39, 0.29) is 11.8 Å². The number of esters is 1. The van der Waals surface area contributed by atoms with Gasteiger partial charge in [-0.25, -0.2) is 4.79 Å². The Labute approximate surface area is 188 Å². The fourth-order valence-corrected chi connectivity index (χ4v) is 3.86.